The Kier molecular flexibility index (Phi) is 4.43. The van der Waals surface area contributed by atoms with Crippen molar-refractivity contribution in [2.45, 2.75) is 13.0 Å². The van der Waals surface area contributed by atoms with Crippen LogP contribution in [-0.4, -0.2) is 7.11 Å². The van der Waals surface area contributed by atoms with Crippen molar-refractivity contribution in [3.05, 3.63) is 59.2 Å². The lowest BCUT2D eigenvalue weighted by Gasteiger charge is -2.18. The first kappa shape index (κ1) is 14.4. The number of methoxy groups -OCH3 is 1. The molecular formula is C17H15N3O. The fourth-order valence-corrected chi connectivity index (χ4v) is 2.04. The Labute approximate surface area is 124 Å². The van der Waals surface area contributed by atoms with E-state index in [1.807, 2.05) is 25.1 Å². The van der Waals surface area contributed by atoms with Gasteiger partial charge in [-0.25, -0.2) is 0 Å². The number of nitriles is 2. The Morgan fingerprint density at radius 3 is 2.19 bits per heavy atom. The summed E-state index contributed by atoms with van der Waals surface area (Å²) < 4.78 is 5.30. The van der Waals surface area contributed by atoms with E-state index in [2.05, 4.69) is 17.5 Å². The molecule has 2 aromatic rings. The molecule has 0 saturated carbocycles. The molecule has 0 spiro atoms. The molecule has 0 aliphatic heterocycles. The fraction of sp³-hybridized carbons (Fsp3) is 0.176. The van der Waals surface area contributed by atoms with E-state index in [0.717, 1.165) is 11.3 Å². The summed E-state index contributed by atoms with van der Waals surface area (Å²) >= 11 is 0. The van der Waals surface area contributed by atoms with Crippen LogP contribution < -0.4 is 10.1 Å². The molecule has 0 aliphatic carbocycles. The van der Waals surface area contributed by atoms with Gasteiger partial charge in [-0.2, -0.15) is 10.5 Å². The standard InChI is InChI=1S/C17H15N3O/c1-12(15-6-3-13(10-18)4-7-15)20-16-8-5-14(11-19)9-17(16)21-2/h3-9,12,20H,1-2H3. The summed E-state index contributed by atoms with van der Waals surface area (Å²) in [6.45, 7) is 2.03. The molecule has 0 bridgehead atoms. The average molecular weight is 277 g/mol. The Morgan fingerprint density at radius 2 is 1.62 bits per heavy atom. The SMILES string of the molecule is COc1cc(C#N)ccc1NC(C)c1ccc(C#N)cc1. The van der Waals surface area contributed by atoms with E-state index in [4.69, 9.17) is 15.3 Å². The number of hydrogen-bond donors (Lipinski definition) is 1. The van der Waals surface area contributed by atoms with E-state index in [-0.39, 0.29) is 6.04 Å². The van der Waals surface area contributed by atoms with Crippen molar-refractivity contribution in [2.75, 3.05) is 12.4 Å². The van der Waals surface area contributed by atoms with Crippen LogP contribution in [0.25, 0.3) is 0 Å². The molecule has 0 radical (unpaired) electrons. The summed E-state index contributed by atoms with van der Waals surface area (Å²) in [7, 11) is 1.58. The predicted octanol–water partition coefficient (Wildman–Crippen LogP) is 3.61. The van der Waals surface area contributed by atoms with Crippen molar-refractivity contribution in [1.82, 2.24) is 0 Å². The van der Waals surface area contributed by atoms with E-state index in [1.165, 1.54) is 0 Å². The van der Waals surface area contributed by atoms with Gasteiger partial charge in [0.1, 0.15) is 5.75 Å². The van der Waals surface area contributed by atoms with Crippen LogP contribution in [0, 0.1) is 22.7 Å². The zero-order valence-corrected chi connectivity index (χ0v) is 11.9. The van der Waals surface area contributed by atoms with Gasteiger partial charge in [-0.1, -0.05) is 12.1 Å². The van der Waals surface area contributed by atoms with Crippen molar-refractivity contribution >= 4 is 5.69 Å². The van der Waals surface area contributed by atoms with Gasteiger partial charge in [0.05, 0.1) is 36.1 Å². The van der Waals surface area contributed by atoms with Gasteiger partial charge in [-0.15, -0.1) is 0 Å². The maximum Gasteiger partial charge on any atom is 0.143 e. The third-order valence-corrected chi connectivity index (χ3v) is 3.24. The largest absolute Gasteiger partial charge is 0.495 e. The highest BCUT2D eigenvalue weighted by molar-refractivity contribution is 5.60. The van der Waals surface area contributed by atoms with Crippen LogP contribution in [0.15, 0.2) is 42.5 Å². The van der Waals surface area contributed by atoms with Crippen molar-refractivity contribution in [2.24, 2.45) is 0 Å². The Morgan fingerprint density at radius 1 is 1.00 bits per heavy atom. The van der Waals surface area contributed by atoms with Crippen LogP contribution >= 0.6 is 0 Å². The van der Waals surface area contributed by atoms with Gasteiger partial charge in [-0.05, 0) is 36.8 Å². The minimum absolute atomic E-state index is 0.0552. The second kappa shape index (κ2) is 6.45. The molecule has 0 aromatic heterocycles. The Bertz CT molecular complexity index is 708. The predicted molar refractivity (Wildman–Crippen MR) is 80.9 cm³/mol. The van der Waals surface area contributed by atoms with E-state index < -0.39 is 0 Å². The van der Waals surface area contributed by atoms with Crippen LogP contribution in [0.4, 0.5) is 5.69 Å². The number of nitrogens with one attached hydrogen (secondary N) is 1. The monoisotopic (exact) mass is 277 g/mol. The van der Waals surface area contributed by atoms with E-state index in [1.54, 1.807) is 31.4 Å². The summed E-state index contributed by atoms with van der Waals surface area (Å²) in [5.41, 5.74) is 3.10. The third-order valence-electron chi connectivity index (χ3n) is 3.24. The molecule has 2 aromatic carbocycles. The van der Waals surface area contributed by atoms with Gasteiger partial charge in [0.2, 0.25) is 0 Å². The summed E-state index contributed by atoms with van der Waals surface area (Å²) in [4.78, 5) is 0. The number of rotatable bonds is 4. The number of hydrogen-bond acceptors (Lipinski definition) is 4. The van der Waals surface area contributed by atoms with Gasteiger partial charge < -0.3 is 10.1 Å². The molecule has 0 saturated heterocycles. The van der Waals surface area contributed by atoms with E-state index in [9.17, 15) is 0 Å². The van der Waals surface area contributed by atoms with Crippen LogP contribution in [0.1, 0.15) is 29.7 Å². The number of anilines is 1. The summed E-state index contributed by atoms with van der Waals surface area (Å²) in [6, 6.07) is 17.0. The topological polar surface area (TPSA) is 68.8 Å². The van der Waals surface area contributed by atoms with Crippen molar-refractivity contribution < 1.29 is 4.74 Å². The lowest BCUT2D eigenvalue weighted by Crippen LogP contribution is -2.07. The first-order valence-corrected chi connectivity index (χ1v) is 6.52. The lowest BCUT2D eigenvalue weighted by molar-refractivity contribution is 0.416. The van der Waals surface area contributed by atoms with Crippen LogP contribution in [0.2, 0.25) is 0 Å². The summed E-state index contributed by atoms with van der Waals surface area (Å²) in [5, 5.41) is 21.1. The quantitative estimate of drug-likeness (QED) is 0.926. The summed E-state index contributed by atoms with van der Waals surface area (Å²) in [5.74, 6) is 0.634. The molecule has 1 unspecified atom stereocenters. The highest BCUT2D eigenvalue weighted by atomic mass is 16.5. The van der Waals surface area contributed by atoms with Crippen LogP contribution in [-0.2, 0) is 0 Å². The fourth-order valence-electron chi connectivity index (χ4n) is 2.04. The van der Waals surface area contributed by atoms with Gasteiger partial charge in [0.15, 0.2) is 0 Å². The molecule has 4 nitrogen and oxygen atoms in total. The zero-order valence-electron chi connectivity index (χ0n) is 11.9. The normalized spacial score (nSPS) is 11.0. The molecule has 2 rings (SSSR count). The number of ether oxygens (including phenoxy) is 1. The molecule has 4 heteroatoms. The molecule has 1 N–H and O–H groups in total. The van der Waals surface area contributed by atoms with E-state index in [0.29, 0.717) is 16.9 Å². The first-order chi connectivity index (χ1) is 10.2. The van der Waals surface area contributed by atoms with Gasteiger partial charge in [-0.3, -0.25) is 0 Å². The highest BCUT2D eigenvalue weighted by Crippen LogP contribution is 2.29. The van der Waals surface area contributed by atoms with Crippen molar-refractivity contribution in [1.29, 1.82) is 10.5 Å². The second-order valence-corrected chi connectivity index (χ2v) is 4.63. The number of benzene rings is 2. The van der Waals surface area contributed by atoms with Crippen molar-refractivity contribution in [3.8, 4) is 17.9 Å². The lowest BCUT2D eigenvalue weighted by atomic mass is 10.1. The number of nitrogens with zero attached hydrogens (tertiary/aromatic N) is 2. The molecule has 0 aliphatic rings. The van der Waals surface area contributed by atoms with Crippen LogP contribution in [0.3, 0.4) is 0 Å². The molecule has 21 heavy (non-hydrogen) atoms. The first-order valence-electron chi connectivity index (χ1n) is 6.52. The van der Waals surface area contributed by atoms with Gasteiger partial charge in [0.25, 0.3) is 0 Å². The van der Waals surface area contributed by atoms with Crippen molar-refractivity contribution in [3.63, 3.8) is 0 Å². The molecule has 0 amide bonds. The highest BCUT2D eigenvalue weighted by Gasteiger charge is 2.09. The molecule has 1 atom stereocenters. The third kappa shape index (κ3) is 3.32. The minimum atomic E-state index is 0.0552. The van der Waals surface area contributed by atoms with Gasteiger partial charge in [0, 0.05) is 12.1 Å². The van der Waals surface area contributed by atoms with Gasteiger partial charge >= 0.3 is 0 Å². The van der Waals surface area contributed by atoms with Crippen LogP contribution in [0.5, 0.6) is 5.75 Å². The zero-order chi connectivity index (χ0) is 15.2. The maximum atomic E-state index is 8.91. The molecule has 0 fully saturated rings. The molecular weight excluding hydrogens is 262 g/mol. The summed E-state index contributed by atoms with van der Waals surface area (Å²) in [6.07, 6.45) is 0. The smallest absolute Gasteiger partial charge is 0.143 e. The minimum Gasteiger partial charge on any atom is -0.495 e. The Balaban J connectivity index is 2.21. The molecule has 0 heterocycles. The Hall–Kier alpha value is -2.98. The van der Waals surface area contributed by atoms with E-state index >= 15 is 0 Å². The second-order valence-electron chi connectivity index (χ2n) is 4.63. The average Bonchev–Trinajstić information content (AvgIpc) is 2.55. The maximum absolute atomic E-state index is 8.91. The molecule has 104 valence electrons.